The van der Waals surface area contributed by atoms with Crippen LogP contribution in [0, 0.1) is 0 Å². The molecule has 2 bridgehead atoms. The number of esters is 4. The Labute approximate surface area is 275 Å². The predicted molar refractivity (Wildman–Crippen MR) is 164 cm³/mol. The number of hydrogen-bond donors (Lipinski definition) is 3. The Hall–Kier alpha value is -4.95. The third-order valence-electron chi connectivity index (χ3n) is 9.16. The summed E-state index contributed by atoms with van der Waals surface area (Å²) >= 11 is 0. The molecule has 1 saturated heterocycles. The maximum absolute atomic E-state index is 13.1. The molecule has 0 radical (unpaired) electrons. The lowest BCUT2D eigenvalue weighted by molar-refractivity contribution is -0.172. The van der Waals surface area contributed by atoms with Gasteiger partial charge in [-0.05, 0) is 63.2 Å². The molecule has 6 rings (SSSR count). The number of carboxylic acid groups (broad SMARTS) is 1. The normalized spacial score (nSPS) is 25.7. The lowest BCUT2D eigenvalue weighted by Gasteiger charge is -2.61. The van der Waals surface area contributed by atoms with Crippen LogP contribution in [-0.2, 0) is 50.0 Å². The van der Waals surface area contributed by atoms with E-state index in [1.807, 2.05) is 13.1 Å². The lowest BCUT2D eigenvalue weighted by Crippen LogP contribution is -2.74. The van der Waals surface area contributed by atoms with Crippen molar-refractivity contribution in [2.75, 3.05) is 13.6 Å². The van der Waals surface area contributed by atoms with Crippen LogP contribution in [0.3, 0.4) is 0 Å². The summed E-state index contributed by atoms with van der Waals surface area (Å²) in [5.41, 5.74) is -0.368. The third kappa shape index (κ3) is 6.20. The summed E-state index contributed by atoms with van der Waals surface area (Å²) in [5.74, 6) is -3.52. The monoisotopic (exact) mass is 667 g/mol. The van der Waals surface area contributed by atoms with Crippen LogP contribution in [0.5, 0.6) is 17.2 Å². The van der Waals surface area contributed by atoms with Gasteiger partial charge in [0.1, 0.15) is 11.5 Å². The fourth-order valence-electron chi connectivity index (χ4n) is 7.11. The Morgan fingerprint density at radius 2 is 1.71 bits per heavy atom. The van der Waals surface area contributed by atoms with Crippen LogP contribution in [0.15, 0.2) is 54.3 Å². The van der Waals surface area contributed by atoms with Crippen LogP contribution >= 0.6 is 0 Å². The molecule has 0 saturated carbocycles. The molecule has 2 aromatic rings. The highest BCUT2D eigenvalue weighted by molar-refractivity contribution is 5.85. The highest BCUT2D eigenvalue weighted by atomic mass is 16.6. The van der Waals surface area contributed by atoms with Crippen molar-refractivity contribution in [3.63, 3.8) is 0 Å². The van der Waals surface area contributed by atoms with E-state index >= 15 is 0 Å². The van der Waals surface area contributed by atoms with E-state index in [9.17, 15) is 34.2 Å². The van der Waals surface area contributed by atoms with Gasteiger partial charge in [0.2, 0.25) is 6.10 Å². The number of carboxylic acids is 1. The van der Waals surface area contributed by atoms with Gasteiger partial charge in [-0.1, -0.05) is 24.3 Å². The van der Waals surface area contributed by atoms with Crippen LogP contribution in [0.2, 0.25) is 0 Å². The van der Waals surface area contributed by atoms with Crippen molar-refractivity contribution in [1.29, 1.82) is 0 Å². The smallest absolute Gasteiger partial charge is 0.353 e. The molecule has 4 aliphatic rings. The number of benzene rings is 2. The summed E-state index contributed by atoms with van der Waals surface area (Å²) in [7, 11) is 1.98. The molecule has 2 aromatic carbocycles. The number of para-hydroxylation sites is 1. The molecule has 2 heterocycles. The van der Waals surface area contributed by atoms with E-state index in [1.165, 1.54) is 13.8 Å². The predicted octanol–water partition coefficient (Wildman–Crippen LogP) is 2.16. The molecular formula is C34H37NO13. The number of likely N-dealkylation sites (tertiary alicyclic amines) is 1. The van der Waals surface area contributed by atoms with Crippen molar-refractivity contribution in [3.8, 4) is 17.2 Å². The lowest BCUT2D eigenvalue weighted by atomic mass is 9.50. The minimum atomic E-state index is -1.52. The van der Waals surface area contributed by atoms with Crippen LogP contribution in [0.25, 0.3) is 0 Å². The minimum absolute atomic E-state index is 0.0403. The average Bonchev–Trinajstić information content (AvgIpc) is 3.38. The van der Waals surface area contributed by atoms with E-state index in [1.54, 1.807) is 42.5 Å². The van der Waals surface area contributed by atoms with Crippen LogP contribution in [0.1, 0.15) is 51.2 Å². The molecule has 14 heteroatoms. The molecule has 1 spiro atoms. The first kappa shape index (κ1) is 34.4. The Balaban J connectivity index is 0.000000441. The molecule has 14 nitrogen and oxygen atoms in total. The molecule has 3 N–H and O–H groups in total. The van der Waals surface area contributed by atoms with Gasteiger partial charge in [-0.2, -0.15) is 0 Å². The van der Waals surface area contributed by atoms with Gasteiger partial charge in [-0.15, -0.1) is 0 Å². The number of phenolic OH excluding ortho intramolecular Hbond substituents is 1. The Morgan fingerprint density at radius 3 is 2.33 bits per heavy atom. The number of aliphatic hydroxyl groups is 1. The zero-order chi connectivity index (χ0) is 35.0. The standard InChI is InChI=1S/C29H29NO9.C5H8O4/c1-16(31)36-21(27(34)37-18-6-4-3-5-7-18)15-23(33)38-20-10-11-29(35)22-14-17-8-9-19(32)25-24(17)28(29,26(20)39-25)12-13-30(22)2;1-3(5(7)8)9-4(2)6/h3-10,21-22,26,32,35H,11-15H2,1-2H3;3H,1-2H3,(H,7,8)/t21?,22-,26+,28+,29-;/m1./s1. The number of likely N-dealkylation sites (N-methyl/N-ethyl adjacent to an activating group) is 1. The zero-order valence-electron chi connectivity index (χ0n) is 26.8. The molecule has 48 heavy (non-hydrogen) atoms. The Bertz CT molecular complexity index is 1660. The number of carbonyl (C=O) groups is 5. The first-order valence-corrected chi connectivity index (χ1v) is 15.4. The third-order valence-corrected chi connectivity index (χ3v) is 9.16. The zero-order valence-corrected chi connectivity index (χ0v) is 26.8. The Kier molecular flexibility index (Phi) is 9.51. The topological polar surface area (TPSA) is 195 Å². The van der Waals surface area contributed by atoms with Gasteiger partial charge in [-0.3, -0.25) is 14.4 Å². The molecule has 1 fully saturated rings. The maximum atomic E-state index is 13.1. The highest BCUT2D eigenvalue weighted by Crippen LogP contribution is 2.65. The molecule has 2 unspecified atom stereocenters. The molecule has 256 valence electrons. The second-order valence-corrected chi connectivity index (χ2v) is 12.2. The van der Waals surface area contributed by atoms with E-state index in [4.69, 9.17) is 24.1 Å². The summed E-state index contributed by atoms with van der Waals surface area (Å²) in [6, 6.07) is 11.5. The second-order valence-electron chi connectivity index (χ2n) is 12.2. The maximum Gasteiger partial charge on any atom is 0.353 e. The van der Waals surface area contributed by atoms with Crippen molar-refractivity contribution in [2.45, 2.75) is 81.8 Å². The average molecular weight is 668 g/mol. The van der Waals surface area contributed by atoms with Gasteiger partial charge in [0.25, 0.3) is 0 Å². The van der Waals surface area contributed by atoms with Crippen molar-refractivity contribution in [1.82, 2.24) is 4.90 Å². The summed E-state index contributed by atoms with van der Waals surface area (Å²) in [4.78, 5) is 59.7. The summed E-state index contributed by atoms with van der Waals surface area (Å²) in [5, 5.41) is 31.0. The first-order chi connectivity index (χ1) is 22.7. The number of piperidine rings is 1. The van der Waals surface area contributed by atoms with E-state index in [0.717, 1.165) is 18.1 Å². The minimum Gasteiger partial charge on any atom is -0.504 e. The SMILES string of the molecule is CC(=O)OC(C)C(=O)O.CC(=O)OC(CC(=O)OC1=CC[C@@]2(O)[C@H]3Cc4ccc(O)c5c4[C@@]2(CCN3C)[C@H]1O5)C(=O)Oc1ccccc1. The van der Waals surface area contributed by atoms with Crippen molar-refractivity contribution in [3.05, 3.63) is 65.4 Å². The van der Waals surface area contributed by atoms with E-state index in [0.29, 0.717) is 25.1 Å². The van der Waals surface area contributed by atoms with E-state index in [2.05, 4.69) is 9.64 Å². The summed E-state index contributed by atoms with van der Waals surface area (Å²) in [6.07, 6.45) is -1.02. The molecular weight excluding hydrogens is 630 g/mol. The highest BCUT2D eigenvalue weighted by Gasteiger charge is 2.72. The molecule has 0 amide bonds. The van der Waals surface area contributed by atoms with Crippen LogP contribution < -0.4 is 9.47 Å². The largest absolute Gasteiger partial charge is 0.504 e. The molecule has 2 aliphatic carbocycles. The number of ether oxygens (including phenoxy) is 5. The summed E-state index contributed by atoms with van der Waals surface area (Å²) in [6.45, 7) is 4.27. The van der Waals surface area contributed by atoms with Gasteiger partial charge in [0, 0.05) is 31.9 Å². The fourth-order valence-corrected chi connectivity index (χ4v) is 7.11. The quantitative estimate of drug-likeness (QED) is 0.210. The van der Waals surface area contributed by atoms with Gasteiger partial charge in [0.05, 0.1) is 17.4 Å². The first-order valence-electron chi connectivity index (χ1n) is 15.4. The number of aromatic hydroxyl groups is 1. The van der Waals surface area contributed by atoms with Crippen molar-refractivity contribution >= 4 is 29.8 Å². The van der Waals surface area contributed by atoms with Crippen molar-refractivity contribution in [2.24, 2.45) is 0 Å². The van der Waals surface area contributed by atoms with Crippen molar-refractivity contribution < 1.29 is 63.0 Å². The number of nitrogens with zero attached hydrogens (tertiary/aromatic N) is 1. The van der Waals surface area contributed by atoms with Crippen LogP contribution in [0.4, 0.5) is 0 Å². The molecule has 2 aliphatic heterocycles. The molecule has 0 aromatic heterocycles. The summed E-state index contributed by atoms with van der Waals surface area (Å²) < 4.78 is 26.7. The second kappa shape index (κ2) is 13.3. The van der Waals surface area contributed by atoms with E-state index < -0.39 is 65.6 Å². The van der Waals surface area contributed by atoms with E-state index in [-0.39, 0.29) is 29.7 Å². The Morgan fingerprint density at radius 1 is 1.02 bits per heavy atom. The number of phenols is 1. The number of aliphatic carboxylic acids is 1. The molecule has 6 atom stereocenters. The number of hydrogen-bond acceptors (Lipinski definition) is 13. The van der Waals surface area contributed by atoms with Gasteiger partial charge >= 0.3 is 29.8 Å². The van der Waals surface area contributed by atoms with Crippen LogP contribution in [-0.4, -0.2) is 93.6 Å². The number of rotatable bonds is 8. The van der Waals surface area contributed by atoms with Gasteiger partial charge in [-0.25, -0.2) is 9.59 Å². The van der Waals surface area contributed by atoms with Gasteiger partial charge in [0.15, 0.2) is 23.7 Å². The fraction of sp³-hybridized carbons (Fsp3) is 0.441. The number of carbonyl (C=O) groups excluding carboxylic acids is 4. The van der Waals surface area contributed by atoms with Gasteiger partial charge < -0.3 is 43.9 Å².